The third-order valence-corrected chi connectivity index (χ3v) is 9.02. The molecule has 1 fully saturated rings. The van der Waals surface area contributed by atoms with Gasteiger partial charge in [0.15, 0.2) is 12.6 Å². The Morgan fingerprint density at radius 2 is 1.31 bits per heavy atom. The Labute approximate surface area is 284 Å². The summed E-state index contributed by atoms with van der Waals surface area (Å²) in [5.74, 6) is 4.17. The highest BCUT2D eigenvalue weighted by Gasteiger charge is 2.10. The van der Waals surface area contributed by atoms with Crippen LogP contribution in [0.1, 0.15) is 52.5 Å². The van der Waals surface area contributed by atoms with E-state index in [1.54, 1.807) is 12.1 Å². The van der Waals surface area contributed by atoms with Gasteiger partial charge in [0.05, 0.1) is 31.3 Å². The van der Waals surface area contributed by atoms with E-state index in [1.807, 2.05) is 64.2 Å². The Balaban J connectivity index is 0. The first kappa shape index (κ1) is 46.4. The molecule has 0 saturated carbocycles. The van der Waals surface area contributed by atoms with Crippen molar-refractivity contribution in [1.82, 2.24) is 0 Å². The number of rotatable bonds is 16. The van der Waals surface area contributed by atoms with Crippen molar-refractivity contribution in [3.63, 3.8) is 0 Å². The lowest BCUT2D eigenvalue weighted by atomic mass is 10.2. The molecule has 264 valence electrons. The summed E-state index contributed by atoms with van der Waals surface area (Å²) in [4.78, 5) is 10.2. The smallest absolute Gasteiger partial charge is 0.261 e. The molecule has 0 spiro atoms. The standard InChI is InChI=1S/C14H30O4S.C7H7ClO2S.C6H8OS.C4H8O2.H2O/c1-5-15-13(16-6-2)9-11-19-12-10-14(17-7-3)18-8-4;1-6-2-4-7(5-3-6)11(8,9)10;7-4-6-2-1-3-8-5-6;1-2-6-4-3-5-1;/h13-14H,5-12H2,1-4H3;2-5H,1H3;2,4H,1,3,5H2;1-4H2;1H2. The van der Waals surface area contributed by atoms with Gasteiger partial charge in [-0.15, -0.1) is 0 Å². The number of allylic oxidation sites excluding steroid dienone is 1. The molecule has 0 unspecified atom stereocenters. The number of aldehydes is 1. The molecule has 0 amide bonds. The number of benzene rings is 1. The largest absolute Gasteiger partial charge is 0.412 e. The van der Waals surface area contributed by atoms with Crippen LogP contribution in [0, 0.1) is 6.92 Å². The molecule has 2 N–H and O–H groups in total. The number of aryl methyl sites for hydroxylation is 1. The summed E-state index contributed by atoms with van der Waals surface area (Å²) in [5, 5.41) is 0. The fourth-order valence-corrected chi connectivity index (χ4v) is 5.98. The first-order valence-electron chi connectivity index (χ1n) is 15.1. The number of carbonyl (C=O) groups excluding carboxylic acids is 1. The van der Waals surface area contributed by atoms with E-state index in [2.05, 4.69) is 0 Å². The number of hydrogen-bond acceptors (Lipinski definition) is 11. The monoisotopic (exact) mass is 718 g/mol. The third-order valence-electron chi connectivity index (χ3n) is 5.54. The van der Waals surface area contributed by atoms with E-state index in [1.165, 1.54) is 17.9 Å². The quantitative estimate of drug-likeness (QED) is 0.0904. The van der Waals surface area contributed by atoms with Crippen LogP contribution in [0.15, 0.2) is 40.8 Å². The van der Waals surface area contributed by atoms with Crippen molar-refractivity contribution in [3.05, 3.63) is 41.5 Å². The van der Waals surface area contributed by atoms with E-state index in [0.29, 0.717) is 26.4 Å². The number of hydrogen-bond donors (Lipinski definition) is 0. The summed E-state index contributed by atoms with van der Waals surface area (Å²) >= 11 is 3.72. The van der Waals surface area contributed by atoms with Gasteiger partial charge in [0.1, 0.15) is 6.29 Å². The van der Waals surface area contributed by atoms with E-state index in [0.717, 1.165) is 80.4 Å². The zero-order valence-electron chi connectivity index (χ0n) is 27.5. The average Bonchev–Trinajstić information content (AvgIpc) is 3.03. The van der Waals surface area contributed by atoms with Crippen LogP contribution in [0.5, 0.6) is 0 Å². The molecule has 0 aromatic heterocycles. The lowest BCUT2D eigenvalue weighted by Crippen LogP contribution is -2.19. The van der Waals surface area contributed by atoms with Gasteiger partial charge in [-0.2, -0.15) is 23.5 Å². The molecule has 14 heteroatoms. The number of halogens is 1. The van der Waals surface area contributed by atoms with Crippen LogP contribution in [-0.2, 0) is 42.3 Å². The predicted molar refractivity (Wildman–Crippen MR) is 186 cm³/mol. The van der Waals surface area contributed by atoms with Crippen molar-refractivity contribution < 1.29 is 47.1 Å². The van der Waals surface area contributed by atoms with Gasteiger partial charge in [-0.05, 0) is 76.0 Å². The number of thioether (sulfide) groups is 2. The Hall–Kier alpha value is -0.710. The molecule has 45 heavy (non-hydrogen) atoms. The minimum atomic E-state index is -3.55. The summed E-state index contributed by atoms with van der Waals surface area (Å²) in [6, 6.07) is 6.37. The maximum atomic E-state index is 10.7. The molecule has 0 aliphatic carbocycles. The first-order valence-corrected chi connectivity index (χ1v) is 19.8. The van der Waals surface area contributed by atoms with Crippen LogP contribution < -0.4 is 0 Å². The molecular formula is C31H55ClO10S3. The van der Waals surface area contributed by atoms with Gasteiger partial charge >= 0.3 is 0 Å². The third kappa shape index (κ3) is 28.1. The summed E-state index contributed by atoms with van der Waals surface area (Å²) in [6.07, 6.45) is 5.78. The summed E-state index contributed by atoms with van der Waals surface area (Å²) in [5.41, 5.74) is 1.97. The van der Waals surface area contributed by atoms with Crippen molar-refractivity contribution >= 4 is 49.5 Å². The van der Waals surface area contributed by atoms with Crippen molar-refractivity contribution in [2.45, 2.75) is 71.4 Å². The second kappa shape index (κ2) is 31.9. The van der Waals surface area contributed by atoms with Crippen LogP contribution in [0.2, 0.25) is 0 Å². The highest BCUT2D eigenvalue weighted by Crippen LogP contribution is 2.15. The minimum Gasteiger partial charge on any atom is -0.412 e. The lowest BCUT2D eigenvalue weighted by molar-refractivity contribution is -0.136. The van der Waals surface area contributed by atoms with Crippen molar-refractivity contribution in [1.29, 1.82) is 0 Å². The Morgan fingerprint density at radius 3 is 1.60 bits per heavy atom. The van der Waals surface area contributed by atoms with Gasteiger partial charge in [-0.25, -0.2) is 8.42 Å². The zero-order valence-corrected chi connectivity index (χ0v) is 30.7. The van der Waals surface area contributed by atoms with Crippen molar-refractivity contribution in [3.8, 4) is 0 Å². The molecule has 0 bridgehead atoms. The number of carbonyl (C=O) groups is 1. The molecule has 1 aromatic rings. The van der Waals surface area contributed by atoms with Gasteiger partial charge in [0.2, 0.25) is 0 Å². The minimum absolute atomic E-state index is 0. The lowest BCUT2D eigenvalue weighted by Gasteiger charge is -2.18. The molecule has 1 aromatic carbocycles. The van der Waals surface area contributed by atoms with E-state index in [-0.39, 0.29) is 23.0 Å². The van der Waals surface area contributed by atoms with Crippen LogP contribution in [-0.4, -0.2) is 109 Å². The van der Waals surface area contributed by atoms with Gasteiger partial charge < -0.3 is 33.9 Å². The fraction of sp³-hybridized carbons (Fsp3) is 0.710. The molecule has 0 atom stereocenters. The van der Waals surface area contributed by atoms with E-state index < -0.39 is 9.05 Å². The zero-order chi connectivity index (χ0) is 32.9. The second-order valence-corrected chi connectivity index (χ2v) is 14.0. The number of ether oxygens (including phenoxy) is 6. The highest BCUT2D eigenvalue weighted by molar-refractivity contribution is 8.13. The Kier molecular flexibility index (Phi) is 32.9. The van der Waals surface area contributed by atoms with Crippen molar-refractivity contribution in [2.24, 2.45) is 0 Å². The van der Waals surface area contributed by atoms with Gasteiger partial charge in [0, 0.05) is 55.7 Å². The maximum Gasteiger partial charge on any atom is 0.261 e. The van der Waals surface area contributed by atoms with Crippen LogP contribution in [0.25, 0.3) is 0 Å². The second-order valence-electron chi connectivity index (χ2n) is 9.08. The van der Waals surface area contributed by atoms with E-state index in [4.69, 9.17) is 39.1 Å². The molecule has 0 radical (unpaired) electrons. The van der Waals surface area contributed by atoms with Crippen LogP contribution >= 0.6 is 34.2 Å². The first-order chi connectivity index (χ1) is 21.2. The van der Waals surface area contributed by atoms with Gasteiger partial charge in [-0.3, -0.25) is 4.79 Å². The maximum absolute atomic E-state index is 10.7. The Morgan fingerprint density at radius 1 is 0.867 bits per heavy atom. The van der Waals surface area contributed by atoms with E-state index in [9.17, 15) is 13.2 Å². The van der Waals surface area contributed by atoms with Crippen LogP contribution in [0.3, 0.4) is 0 Å². The summed E-state index contributed by atoms with van der Waals surface area (Å²) in [6.45, 7) is 15.8. The Bertz CT molecular complexity index is 904. The molecule has 1 saturated heterocycles. The normalized spacial score (nSPS) is 14.4. The molecule has 10 nitrogen and oxygen atoms in total. The van der Waals surface area contributed by atoms with Gasteiger partial charge in [-0.1, -0.05) is 23.8 Å². The molecule has 2 heterocycles. The average molecular weight is 719 g/mol. The SMILES string of the molecule is C1COCCO1.CCOC(CCSCCC(OCC)OCC)OCC.Cc1ccc(S(=O)(=O)Cl)cc1.O.O=CC1=CCCSC1. The molecule has 2 aliphatic rings. The molecular weight excluding hydrogens is 664 g/mol. The highest BCUT2D eigenvalue weighted by atomic mass is 35.7. The van der Waals surface area contributed by atoms with Gasteiger partial charge in [0.25, 0.3) is 9.05 Å². The van der Waals surface area contributed by atoms with Crippen molar-refractivity contribution in [2.75, 3.05) is 75.9 Å². The summed E-state index contributed by atoms with van der Waals surface area (Å²) < 4.78 is 53.3. The van der Waals surface area contributed by atoms with Crippen LogP contribution in [0.4, 0.5) is 0 Å². The van der Waals surface area contributed by atoms with E-state index >= 15 is 0 Å². The fourth-order valence-electron chi connectivity index (χ4n) is 3.43. The summed E-state index contributed by atoms with van der Waals surface area (Å²) in [7, 11) is 1.54. The molecule has 3 rings (SSSR count). The topological polar surface area (TPSA) is 138 Å². The predicted octanol–water partition coefficient (Wildman–Crippen LogP) is 5.68. The molecule has 2 aliphatic heterocycles.